The van der Waals surface area contributed by atoms with Gasteiger partial charge in [0.15, 0.2) is 0 Å². The second-order valence-electron chi connectivity index (χ2n) is 5.55. The standard InChI is InChI=1S/C13H20N6/c1-7-5-10(6-19-12(7)15-13(14)17-19)11-8(2)16-18(4)9(11)3/h7,10H,5-6H2,1-4H3,(H2,14,17). The van der Waals surface area contributed by atoms with E-state index in [1.807, 2.05) is 16.4 Å². The summed E-state index contributed by atoms with van der Waals surface area (Å²) in [6, 6.07) is 0. The minimum atomic E-state index is 0.377. The van der Waals surface area contributed by atoms with Crippen LogP contribution < -0.4 is 5.73 Å². The van der Waals surface area contributed by atoms with Crippen LogP contribution in [-0.2, 0) is 13.6 Å². The SMILES string of the molecule is Cc1nn(C)c(C)c1C1CC(C)c2nc(N)nn2C1. The first-order valence-electron chi connectivity index (χ1n) is 6.67. The van der Waals surface area contributed by atoms with Gasteiger partial charge >= 0.3 is 0 Å². The minimum Gasteiger partial charge on any atom is -0.366 e. The topological polar surface area (TPSA) is 74.6 Å². The first kappa shape index (κ1) is 12.2. The van der Waals surface area contributed by atoms with Crippen molar-refractivity contribution in [3.63, 3.8) is 0 Å². The lowest BCUT2D eigenvalue weighted by Crippen LogP contribution is -2.23. The number of nitrogen functional groups attached to an aromatic ring is 1. The fourth-order valence-corrected chi connectivity index (χ4v) is 3.28. The van der Waals surface area contributed by atoms with Crippen LogP contribution in [0.4, 0.5) is 5.95 Å². The molecule has 1 aliphatic rings. The maximum atomic E-state index is 5.71. The average Bonchev–Trinajstić information content (AvgIpc) is 2.80. The van der Waals surface area contributed by atoms with Gasteiger partial charge in [-0.1, -0.05) is 6.92 Å². The molecule has 3 rings (SSSR count). The molecule has 3 heterocycles. The third-order valence-corrected chi connectivity index (χ3v) is 4.16. The van der Waals surface area contributed by atoms with Gasteiger partial charge in [-0.15, -0.1) is 5.10 Å². The number of hydrogen-bond donors (Lipinski definition) is 1. The predicted octanol–water partition coefficient (Wildman–Crippen LogP) is 1.50. The number of nitrogens with zero attached hydrogens (tertiary/aromatic N) is 5. The van der Waals surface area contributed by atoms with E-state index in [9.17, 15) is 0 Å². The molecule has 2 aromatic rings. The number of aromatic nitrogens is 5. The van der Waals surface area contributed by atoms with Crippen molar-refractivity contribution in [1.82, 2.24) is 24.5 Å². The predicted molar refractivity (Wildman–Crippen MR) is 72.9 cm³/mol. The van der Waals surface area contributed by atoms with Gasteiger partial charge in [0.1, 0.15) is 5.82 Å². The van der Waals surface area contributed by atoms with E-state index in [1.54, 1.807) is 0 Å². The highest BCUT2D eigenvalue weighted by atomic mass is 15.4. The largest absolute Gasteiger partial charge is 0.366 e. The zero-order valence-electron chi connectivity index (χ0n) is 11.9. The van der Waals surface area contributed by atoms with Gasteiger partial charge in [0.05, 0.1) is 12.2 Å². The van der Waals surface area contributed by atoms with Crippen molar-refractivity contribution in [2.24, 2.45) is 7.05 Å². The van der Waals surface area contributed by atoms with Crippen molar-refractivity contribution >= 4 is 5.95 Å². The van der Waals surface area contributed by atoms with E-state index in [0.717, 1.165) is 24.5 Å². The molecule has 0 aliphatic carbocycles. The zero-order valence-corrected chi connectivity index (χ0v) is 11.9. The molecule has 2 unspecified atom stereocenters. The molecule has 0 radical (unpaired) electrons. The Labute approximate surface area is 112 Å². The molecule has 0 amide bonds. The second-order valence-corrected chi connectivity index (χ2v) is 5.55. The molecule has 2 aromatic heterocycles. The van der Waals surface area contributed by atoms with E-state index in [0.29, 0.717) is 17.8 Å². The monoisotopic (exact) mass is 260 g/mol. The highest BCUT2D eigenvalue weighted by Gasteiger charge is 2.30. The van der Waals surface area contributed by atoms with Crippen molar-refractivity contribution in [3.05, 3.63) is 22.8 Å². The normalized spacial score (nSPS) is 22.5. The first-order valence-corrected chi connectivity index (χ1v) is 6.67. The highest BCUT2D eigenvalue weighted by Crippen LogP contribution is 2.37. The molecule has 0 fully saturated rings. The van der Waals surface area contributed by atoms with Gasteiger partial charge in [0, 0.05) is 30.1 Å². The lowest BCUT2D eigenvalue weighted by molar-refractivity contribution is 0.380. The molecule has 19 heavy (non-hydrogen) atoms. The molecule has 0 spiro atoms. The molecule has 2 N–H and O–H groups in total. The van der Waals surface area contributed by atoms with Gasteiger partial charge < -0.3 is 5.73 Å². The second kappa shape index (κ2) is 4.08. The van der Waals surface area contributed by atoms with E-state index in [1.165, 1.54) is 11.3 Å². The van der Waals surface area contributed by atoms with Gasteiger partial charge in [0.25, 0.3) is 0 Å². The summed E-state index contributed by atoms with van der Waals surface area (Å²) >= 11 is 0. The van der Waals surface area contributed by atoms with Crippen LogP contribution in [0.5, 0.6) is 0 Å². The maximum Gasteiger partial charge on any atom is 0.239 e. The summed E-state index contributed by atoms with van der Waals surface area (Å²) in [4.78, 5) is 4.32. The van der Waals surface area contributed by atoms with Gasteiger partial charge in [0.2, 0.25) is 5.95 Å². The molecular weight excluding hydrogens is 240 g/mol. The Balaban J connectivity index is 2.01. The smallest absolute Gasteiger partial charge is 0.239 e. The Kier molecular flexibility index (Phi) is 2.62. The highest BCUT2D eigenvalue weighted by molar-refractivity contribution is 5.30. The van der Waals surface area contributed by atoms with Crippen LogP contribution in [0.3, 0.4) is 0 Å². The lowest BCUT2D eigenvalue weighted by atomic mass is 9.85. The van der Waals surface area contributed by atoms with E-state index in [2.05, 4.69) is 36.0 Å². The third kappa shape index (κ3) is 1.82. The van der Waals surface area contributed by atoms with Crippen LogP contribution in [0.15, 0.2) is 0 Å². The van der Waals surface area contributed by atoms with E-state index >= 15 is 0 Å². The molecule has 102 valence electrons. The van der Waals surface area contributed by atoms with Crippen LogP contribution in [0.1, 0.15) is 48.0 Å². The first-order chi connectivity index (χ1) is 8.97. The Morgan fingerprint density at radius 3 is 2.63 bits per heavy atom. The maximum absolute atomic E-state index is 5.71. The number of fused-ring (bicyclic) bond motifs is 1. The third-order valence-electron chi connectivity index (χ3n) is 4.16. The average molecular weight is 260 g/mol. The van der Waals surface area contributed by atoms with Gasteiger partial charge in [-0.25, -0.2) is 4.68 Å². The summed E-state index contributed by atoms with van der Waals surface area (Å²) < 4.78 is 3.92. The number of nitrogens with two attached hydrogens (primary N) is 1. The molecule has 6 nitrogen and oxygen atoms in total. The molecular formula is C13H20N6. The van der Waals surface area contributed by atoms with E-state index < -0.39 is 0 Å². The number of aryl methyl sites for hydroxylation is 2. The number of rotatable bonds is 1. The Bertz CT molecular complexity index is 623. The van der Waals surface area contributed by atoms with Crippen molar-refractivity contribution in [2.45, 2.75) is 45.6 Å². The Morgan fingerprint density at radius 1 is 1.26 bits per heavy atom. The molecule has 0 saturated carbocycles. The number of anilines is 1. The van der Waals surface area contributed by atoms with Crippen molar-refractivity contribution in [2.75, 3.05) is 5.73 Å². The molecule has 6 heteroatoms. The van der Waals surface area contributed by atoms with E-state index in [4.69, 9.17) is 5.73 Å². The summed E-state index contributed by atoms with van der Waals surface area (Å²) in [6.45, 7) is 7.24. The van der Waals surface area contributed by atoms with E-state index in [-0.39, 0.29) is 0 Å². The molecule has 0 aromatic carbocycles. The molecule has 2 atom stereocenters. The summed E-state index contributed by atoms with van der Waals surface area (Å²) in [5.41, 5.74) is 9.43. The van der Waals surface area contributed by atoms with Crippen LogP contribution in [0, 0.1) is 13.8 Å². The van der Waals surface area contributed by atoms with Gasteiger partial charge in [-0.2, -0.15) is 10.1 Å². The Hall–Kier alpha value is -1.85. The summed E-state index contributed by atoms with van der Waals surface area (Å²) in [5, 5.41) is 8.82. The molecule has 1 aliphatic heterocycles. The summed E-state index contributed by atoms with van der Waals surface area (Å²) in [5.74, 6) is 2.20. The van der Waals surface area contributed by atoms with Crippen LogP contribution >= 0.6 is 0 Å². The molecule has 0 saturated heterocycles. The van der Waals surface area contributed by atoms with Crippen molar-refractivity contribution in [3.8, 4) is 0 Å². The number of hydrogen-bond acceptors (Lipinski definition) is 4. The fourth-order valence-electron chi connectivity index (χ4n) is 3.28. The van der Waals surface area contributed by atoms with Crippen LogP contribution in [0.2, 0.25) is 0 Å². The van der Waals surface area contributed by atoms with Crippen LogP contribution in [-0.4, -0.2) is 24.5 Å². The Morgan fingerprint density at radius 2 is 2.00 bits per heavy atom. The zero-order chi connectivity index (χ0) is 13.7. The summed E-state index contributed by atoms with van der Waals surface area (Å²) in [6.07, 6.45) is 1.07. The minimum absolute atomic E-state index is 0.377. The van der Waals surface area contributed by atoms with Crippen molar-refractivity contribution in [1.29, 1.82) is 0 Å². The quantitative estimate of drug-likeness (QED) is 0.843. The lowest BCUT2D eigenvalue weighted by Gasteiger charge is -2.27. The van der Waals surface area contributed by atoms with Crippen LogP contribution in [0.25, 0.3) is 0 Å². The van der Waals surface area contributed by atoms with Gasteiger partial charge in [-0.05, 0) is 20.3 Å². The van der Waals surface area contributed by atoms with Gasteiger partial charge in [-0.3, -0.25) is 4.68 Å². The fraction of sp³-hybridized carbons (Fsp3) is 0.615. The molecule has 0 bridgehead atoms. The summed E-state index contributed by atoms with van der Waals surface area (Å²) in [7, 11) is 2.00. The van der Waals surface area contributed by atoms with Crippen molar-refractivity contribution < 1.29 is 0 Å².